The Kier molecular flexibility index (Phi) is 7.94. The topological polar surface area (TPSA) is 76.7 Å². The third-order valence-corrected chi connectivity index (χ3v) is 3.37. The minimum Gasteiger partial charge on any atom is -0.497 e. The molecule has 0 heterocycles. The van der Waals surface area contributed by atoms with E-state index < -0.39 is 6.04 Å². The van der Waals surface area contributed by atoms with Crippen molar-refractivity contribution < 1.29 is 19.1 Å². The third-order valence-electron chi connectivity index (χ3n) is 3.37. The Morgan fingerprint density at radius 1 is 1.13 bits per heavy atom. The third kappa shape index (κ3) is 6.59. The van der Waals surface area contributed by atoms with Crippen LogP contribution >= 0.6 is 0 Å². The first kappa shape index (κ1) is 18.8. The van der Waals surface area contributed by atoms with Gasteiger partial charge >= 0.3 is 0 Å². The molecule has 6 nitrogen and oxygen atoms in total. The van der Waals surface area contributed by atoms with Gasteiger partial charge in [-0.15, -0.1) is 0 Å². The molecule has 0 aliphatic rings. The van der Waals surface area contributed by atoms with Crippen molar-refractivity contribution in [3.8, 4) is 11.5 Å². The molecule has 0 bridgehead atoms. The zero-order valence-corrected chi connectivity index (χ0v) is 14.3. The Labute approximate surface area is 137 Å². The van der Waals surface area contributed by atoms with E-state index in [9.17, 15) is 9.59 Å². The van der Waals surface area contributed by atoms with E-state index in [4.69, 9.17) is 9.47 Å². The molecule has 0 aliphatic heterocycles. The van der Waals surface area contributed by atoms with Crippen LogP contribution in [0.5, 0.6) is 11.5 Å². The van der Waals surface area contributed by atoms with Crippen LogP contribution in [0.1, 0.15) is 32.3 Å². The highest BCUT2D eigenvalue weighted by atomic mass is 16.5. The molecule has 0 spiro atoms. The minimum absolute atomic E-state index is 0.161. The molecule has 0 fully saturated rings. The molecule has 0 aromatic heterocycles. The zero-order chi connectivity index (χ0) is 17.2. The molecule has 1 unspecified atom stereocenters. The molecule has 1 atom stereocenters. The van der Waals surface area contributed by atoms with Crippen LogP contribution in [0.25, 0.3) is 0 Å². The number of methoxy groups -OCH3 is 2. The normalized spacial score (nSPS) is 11.5. The summed E-state index contributed by atoms with van der Waals surface area (Å²) in [5.41, 5.74) is 0.944. The predicted octanol–water partition coefficient (Wildman–Crippen LogP) is 1.67. The van der Waals surface area contributed by atoms with Crippen LogP contribution in [0, 0.1) is 0 Å². The van der Waals surface area contributed by atoms with E-state index in [-0.39, 0.29) is 11.8 Å². The summed E-state index contributed by atoms with van der Waals surface area (Å²) in [4.78, 5) is 23.7. The number of hydrogen-bond acceptors (Lipinski definition) is 4. The zero-order valence-electron chi connectivity index (χ0n) is 14.3. The van der Waals surface area contributed by atoms with Crippen molar-refractivity contribution in [3.05, 3.63) is 23.8 Å². The van der Waals surface area contributed by atoms with Crippen LogP contribution in [0.4, 0.5) is 0 Å². The fraction of sp³-hybridized carbons (Fsp3) is 0.529. The van der Waals surface area contributed by atoms with Gasteiger partial charge in [0.25, 0.3) is 0 Å². The quantitative estimate of drug-likeness (QED) is 0.725. The lowest BCUT2D eigenvalue weighted by Crippen LogP contribution is -2.45. The largest absolute Gasteiger partial charge is 0.497 e. The maximum absolute atomic E-state index is 12.0. The second kappa shape index (κ2) is 9.71. The molecule has 1 aromatic carbocycles. The second-order valence-corrected chi connectivity index (χ2v) is 5.30. The van der Waals surface area contributed by atoms with Gasteiger partial charge in [-0.05, 0) is 37.5 Å². The first-order valence-corrected chi connectivity index (χ1v) is 7.79. The molecule has 128 valence electrons. The number of rotatable bonds is 9. The molecule has 2 amide bonds. The van der Waals surface area contributed by atoms with Gasteiger partial charge in [-0.3, -0.25) is 9.59 Å². The minimum atomic E-state index is -0.533. The summed E-state index contributed by atoms with van der Waals surface area (Å²) in [5.74, 6) is 1.05. The summed E-state index contributed by atoms with van der Waals surface area (Å²) >= 11 is 0. The van der Waals surface area contributed by atoms with Crippen LogP contribution in [-0.2, 0) is 16.0 Å². The fourth-order valence-electron chi connectivity index (χ4n) is 2.05. The number of amides is 2. The number of aryl methyl sites for hydroxylation is 1. The summed E-state index contributed by atoms with van der Waals surface area (Å²) in [5, 5.41) is 5.46. The average molecular weight is 322 g/mol. The molecule has 0 saturated heterocycles. The Morgan fingerprint density at radius 3 is 2.26 bits per heavy atom. The van der Waals surface area contributed by atoms with Crippen molar-refractivity contribution in [2.45, 2.75) is 39.2 Å². The van der Waals surface area contributed by atoms with Gasteiger partial charge in [0.2, 0.25) is 11.8 Å². The number of benzene rings is 1. The Bertz CT molecular complexity index is 509. The van der Waals surface area contributed by atoms with Gasteiger partial charge in [0, 0.05) is 19.0 Å². The van der Waals surface area contributed by atoms with E-state index in [1.165, 1.54) is 0 Å². The Morgan fingerprint density at radius 2 is 1.74 bits per heavy atom. The van der Waals surface area contributed by atoms with Crippen molar-refractivity contribution in [2.75, 3.05) is 20.8 Å². The van der Waals surface area contributed by atoms with E-state index >= 15 is 0 Å². The lowest BCUT2D eigenvalue weighted by Gasteiger charge is -2.14. The van der Waals surface area contributed by atoms with Crippen LogP contribution < -0.4 is 20.1 Å². The predicted molar refractivity (Wildman–Crippen MR) is 88.8 cm³/mol. The monoisotopic (exact) mass is 322 g/mol. The summed E-state index contributed by atoms with van der Waals surface area (Å²) in [6.45, 7) is 4.27. The molecule has 1 rings (SSSR count). The molecule has 6 heteroatoms. The number of carbonyl (C=O) groups excluding carboxylic acids is 2. The van der Waals surface area contributed by atoms with Gasteiger partial charge < -0.3 is 20.1 Å². The maximum Gasteiger partial charge on any atom is 0.242 e. The standard InChI is InChI=1S/C17H26N2O4/c1-5-8-18-17(21)12(2)19-16(20)7-6-13-9-14(22-3)11-15(10-13)23-4/h9-12H,5-8H2,1-4H3,(H,18,21)(H,19,20). The lowest BCUT2D eigenvalue weighted by atomic mass is 10.1. The summed E-state index contributed by atoms with van der Waals surface area (Å²) in [6, 6.07) is 4.98. The Hall–Kier alpha value is -2.24. The van der Waals surface area contributed by atoms with Crippen molar-refractivity contribution >= 4 is 11.8 Å². The highest BCUT2D eigenvalue weighted by Gasteiger charge is 2.14. The molecule has 1 aromatic rings. The van der Waals surface area contributed by atoms with Gasteiger partial charge in [0.15, 0.2) is 0 Å². The number of ether oxygens (including phenoxy) is 2. The summed E-state index contributed by atoms with van der Waals surface area (Å²) < 4.78 is 10.4. The smallest absolute Gasteiger partial charge is 0.242 e. The lowest BCUT2D eigenvalue weighted by molar-refractivity contribution is -0.128. The van der Waals surface area contributed by atoms with E-state index in [1.54, 1.807) is 27.2 Å². The first-order chi connectivity index (χ1) is 11.0. The molecule has 0 aliphatic carbocycles. The number of carbonyl (C=O) groups is 2. The SMILES string of the molecule is CCCNC(=O)C(C)NC(=O)CCc1cc(OC)cc(OC)c1. The molecule has 2 N–H and O–H groups in total. The molecule has 23 heavy (non-hydrogen) atoms. The highest BCUT2D eigenvalue weighted by Crippen LogP contribution is 2.23. The van der Waals surface area contributed by atoms with Crippen LogP contribution in [0.2, 0.25) is 0 Å². The summed E-state index contributed by atoms with van der Waals surface area (Å²) in [6.07, 6.45) is 1.70. The van der Waals surface area contributed by atoms with Gasteiger partial charge in [0.05, 0.1) is 14.2 Å². The summed E-state index contributed by atoms with van der Waals surface area (Å²) in [7, 11) is 3.17. The fourth-order valence-corrected chi connectivity index (χ4v) is 2.05. The van der Waals surface area contributed by atoms with Crippen LogP contribution in [0.3, 0.4) is 0 Å². The van der Waals surface area contributed by atoms with Gasteiger partial charge in [-0.1, -0.05) is 6.92 Å². The van der Waals surface area contributed by atoms with Crippen LogP contribution in [-0.4, -0.2) is 38.6 Å². The second-order valence-electron chi connectivity index (χ2n) is 5.30. The van der Waals surface area contributed by atoms with E-state index in [1.807, 2.05) is 19.1 Å². The van der Waals surface area contributed by atoms with Crippen molar-refractivity contribution in [2.24, 2.45) is 0 Å². The van der Waals surface area contributed by atoms with Crippen molar-refractivity contribution in [3.63, 3.8) is 0 Å². The van der Waals surface area contributed by atoms with Crippen molar-refractivity contribution in [1.29, 1.82) is 0 Å². The highest BCUT2D eigenvalue weighted by molar-refractivity contribution is 5.87. The molecule has 0 radical (unpaired) electrons. The first-order valence-electron chi connectivity index (χ1n) is 7.79. The number of nitrogens with one attached hydrogen (secondary N) is 2. The van der Waals surface area contributed by atoms with Gasteiger partial charge in [-0.2, -0.15) is 0 Å². The van der Waals surface area contributed by atoms with E-state index in [0.29, 0.717) is 30.9 Å². The maximum atomic E-state index is 12.0. The van der Waals surface area contributed by atoms with E-state index in [2.05, 4.69) is 10.6 Å². The Balaban J connectivity index is 2.51. The molecule has 0 saturated carbocycles. The van der Waals surface area contributed by atoms with Gasteiger partial charge in [0.1, 0.15) is 17.5 Å². The van der Waals surface area contributed by atoms with E-state index in [0.717, 1.165) is 12.0 Å². The van der Waals surface area contributed by atoms with Crippen LogP contribution in [0.15, 0.2) is 18.2 Å². The molecular weight excluding hydrogens is 296 g/mol. The van der Waals surface area contributed by atoms with Gasteiger partial charge in [-0.25, -0.2) is 0 Å². The average Bonchev–Trinajstić information content (AvgIpc) is 2.57. The number of hydrogen-bond donors (Lipinski definition) is 2. The van der Waals surface area contributed by atoms with Crippen molar-refractivity contribution in [1.82, 2.24) is 10.6 Å². The molecular formula is C17H26N2O4.